The summed E-state index contributed by atoms with van der Waals surface area (Å²) < 4.78 is 38.4. The van der Waals surface area contributed by atoms with Gasteiger partial charge < -0.3 is 10.4 Å². The highest BCUT2D eigenvalue weighted by Gasteiger charge is 2.23. The summed E-state index contributed by atoms with van der Waals surface area (Å²) in [6, 6.07) is -0.586. The third-order valence-corrected chi connectivity index (χ3v) is 1.93. The average molecular weight is 247 g/mol. The molecule has 92 valence electrons. The molecule has 1 aromatic carbocycles. The number of halogens is 3. The van der Waals surface area contributed by atoms with Gasteiger partial charge in [-0.25, -0.2) is 18.0 Å². The van der Waals surface area contributed by atoms with E-state index in [1.54, 1.807) is 0 Å². The maximum absolute atomic E-state index is 12.9. The lowest BCUT2D eigenvalue weighted by Crippen LogP contribution is -2.32. The van der Waals surface area contributed by atoms with Crippen molar-refractivity contribution in [2.45, 2.75) is 13.0 Å². The standard InChI is InChI=1S/C10H8F3NO3/c1-4(15)14-9(10(16)17)5-2-6(11)8(13)7(12)3-5/h2-3,9H,1H3,(H,14,15)(H,16,17). The van der Waals surface area contributed by atoms with Crippen LogP contribution in [-0.4, -0.2) is 17.0 Å². The largest absolute Gasteiger partial charge is 0.479 e. The number of carbonyl (C=O) groups excluding carboxylic acids is 1. The van der Waals surface area contributed by atoms with Crippen LogP contribution in [0.5, 0.6) is 0 Å². The number of amides is 1. The van der Waals surface area contributed by atoms with E-state index in [-0.39, 0.29) is 5.56 Å². The monoisotopic (exact) mass is 247 g/mol. The first-order valence-electron chi connectivity index (χ1n) is 4.47. The van der Waals surface area contributed by atoms with Crippen molar-refractivity contribution in [2.75, 3.05) is 0 Å². The van der Waals surface area contributed by atoms with Gasteiger partial charge in [-0.1, -0.05) is 0 Å². The second-order valence-electron chi connectivity index (χ2n) is 3.27. The maximum Gasteiger partial charge on any atom is 0.330 e. The van der Waals surface area contributed by atoms with Gasteiger partial charge in [-0.05, 0) is 17.7 Å². The van der Waals surface area contributed by atoms with Crippen LogP contribution in [0.3, 0.4) is 0 Å². The number of carbonyl (C=O) groups is 2. The van der Waals surface area contributed by atoms with Gasteiger partial charge in [0.15, 0.2) is 23.5 Å². The van der Waals surface area contributed by atoms with Crippen molar-refractivity contribution in [3.05, 3.63) is 35.1 Å². The Hall–Kier alpha value is -2.05. The summed E-state index contributed by atoms with van der Waals surface area (Å²) >= 11 is 0. The van der Waals surface area contributed by atoms with E-state index in [2.05, 4.69) is 0 Å². The van der Waals surface area contributed by atoms with Crippen molar-refractivity contribution in [1.82, 2.24) is 5.32 Å². The van der Waals surface area contributed by atoms with Crippen LogP contribution in [0.25, 0.3) is 0 Å². The Morgan fingerprint density at radius 3 is 2.06 bits per heavy atom. The van der Waals surface area contributed by atoms with Crippen molar-refractivity contribution in [2.24, 2.45) is 0 Å². The predicted molar refractivity (Wildman–Crippen MR) is 50.5 cm³/mol. The Morgan fingerprint density at radius 2 is 1.71 bits per heavy atom. The number of aliphatic carboxylic acids is 1. The molecule has 0 aliphatic heterocycles. The summed E-state index contributed by atoms with van der Waals surface area (Å²) in [5.74, 6) is -6.93. The molecule has 0 saturated heterocycles. The summed E-state index contributed by atoms with van der Waals surface area (Å²) in [4.78, 5) is 21.5. The van der Waals surface area contributed by atoms with E-state index in [0.717, 1.165) is 6.92 Å². The van der Waals surface area contributed by atoms with E-state index >= 15 is 0 Å². The molecule has 1 aromatic rings. The Kier molecular flexibility index (Phi) is 3.72. The quantitative estimate of drug-likeness (QED) is 0.792. The first-order valence-corrected chi connectivity index (χ1v) is 4.47. The lowest BCUT2D eigenvalue weighted by atomic mass is 10.1. The fourth-order valence-corrected chi connectivity index (χ4v) is 1.23. The second-order valence-corrected chi connectivity index (χ2v) is 3.27. The third kappa shape index (κ3) is 2.96. The Labute approximate surface area is 94.1 Å². The summed E-state index contributed by atoms with van der Waals surface area (Å²) in [6.45, 7) is 1.05. The predicted octanol–water partition coefficient (Wildman–Crippen LogP) is 1.37. The minimum atomic E-state index is -1.69. The number of hydrogen-bond acceptors (Lipinski definition) is 2. The molecule has 0 radical (unpaired) electrons. The number of nitrogens with one attached hydrogen (secondary N) is 1. The van der Waals surface area contributed by atoms with Crippen molar-refractivity contribution in [3.8, 4) is 0 Å². The van der Waals surface area contributed by atoms with E-state index < -0.39 is 35.4 Å². The van der Waals surface area contributed by atoms with Gasteiger partial charge in [0.25, 0.3) is 0 Å². The van der Waals surface area contributed by atoms with Gasteiger partial charge in [-0.3, -0.25) is 4.79 Å². The molecule has 0 bridgehead atoms. The SMILES string of the molecule is CC(=O)NC(C(=O)O)c1cc(F)c(F)c(F)c1. The van der Waals surface area contributed by atoms with Gasteiger partial charge in [0.1, 0.15) is 0 Å². The summed E-state index contributed by atoms with van der Waals surface area (Å²) in [5, 5.41) is 10.7. The van der Waals surface area contributed by atoms with Crippen molar-refractivity contribution in [1.29, 1.82) is 0 Å². The van der Waals surface area contributed by atoms with Crippen molar-refractivity contribution >= 4 is 11.9 Å². The molecule has 0 saturated carbocycles. The molecular formula is C10H8F3NO3. The molecule has 0 aliphatic rings. The summed E-state index contributed by atoms with van der Waals surface area (Å²) in [5.41, 5.74) is -0.385. The number of carboxylic acid groups (broad SMARTS) is 1. The lowest BCUT2D eigenvalue weighted by molar-refractivity contribution is -0.141. The molecule has 2 N–H and O–H groups in total. The molecule has 1 rings (SSSR count). The Balaban J connectivity index is 3.19. The molecule has 7 heteroatoms. The molecule has 17 heavy (non-hydrogen) atoms. The molecule has 0 spiro atoms. The molecule has 4 nitrogen and oxygen atoms in total. The lowest BCUT2D eigenvalue weighted by Gasteiger charge is -2.13. The van der Waals surface area contributed by atoms with Gasteiger partial charge in [0.05, 0.1) is 0 Å². The molecule has 0 fully saturated rings. The first kappa shape index (κ1) is 13.0. The minimum absolute atomic E-state index is 0.385. The zero-order valence-electron chi connectivity index (χ0n) is 8.63. The van der Waals surface area contributed by atoms with E-state index in [1.807, 2.05) is 5.32 Å². The molecule has 0 aromatic heterocycles. The number of rotatable bonds is 3. The highest BCUT2D eigenvalue weighted by molar-refractivity contribution is 5.83. The van der Waals surface area contributed by atoms with Crippen LogP contribution >= 0.6 is 0 Å². The smallest absolute Gasteiger partial charge is 0.330 e. The number of carboxylic acids is 1. The van der Waals surface area contributed by atoms with Crippen LogP contribution in [-0.2, 0) is 9.59 Å². The average Bonchev–Trinajstić information content (AvgIpc) is 2.21. The van der Waals surface area contributed by atoms with Gasteiger partial charge in [-0.15, -0.1) is 0 Å². The van der Waals surface area contributed by atoms with Crippen LogP contribution in [0.2, 0.25) is 0 Å². The Bertz CT molecular complexity index is 453. The van der Waals surface area contributed by atoms with Crippen LogP contribution in [0, 0.1) is 17.5 Å². The van der Waals surface area contributed by atoms with Crippen LogP contribution in [0.4, 0.5) is 13.2 Å². The third-order valence-electron chi connectivity index (χ3n) is 1.93. The van der Waals surface area contributed by atoms with Gasteiger partial charge in [-0.2, -0.15) is 0 Å². The normalized spacial score (nSPS) is 12.0. The zero-order valence-corrected chi connectivity index (χ0v) is 8.63. The number of benzene rings is 1. The number of hydrogen-bond donors (Lipinski definition) is 2. The first-order chi connectivity index (χ1) is 7.82. The fourth-order valence-electron chi connectivity index (χ4n) is 1.23. The van der Waals surface area contributed by atoms with E-state index in [1.165, 1.54) is 0 Å². The van der Waals surface area contributed by atoms with Crippen LogP contribution in [0.15, 0.2) is 12.1 Å². The fraction of sp³-hybridized carbons (Fsp3) is 0.200. The molecule has 1 unspecified atom stereocenters. The summed E-state index contributed by atoms with van der Waals surface area (Å²) in [6.07, 6.45) is 0. The van der Waals surface area contributed by atoms with Gasteiger partial charge in [0, 0.05) is 6.92 Å². The highest BCUT2D eigenvalue weighted by Crippen LogP contribution is 2.19. The molecule has 0 aliphatic carbocycles. The topological polar surface area (TPSA) is 66.4 Å². The molecular weight excluding hydrogens is 239 g/mol. The highest BCUT2D eigenvalue weighted by atomic mass is 19.2. The zero-order chi connectivity index (χ0) is 13.2. The maximum atomic E-state index is 12.9. The van der Waals surface area contributed by atoms with Gasteiger partial charge >= 0.3 is 5.97 Å². The van der Waals surface area contributed by atoms with Crippen LogP contribution < -0.4 is 5.32 Å². The summed E-state index contributed by atoms with van der Waals surface area (Å²) in [7, 11) is 0. The Morgan fingerprint density at radius 1 is 1.24 bits per heavy atom. The van der Waals surface area contributed by atoms with Crippen molar-refractivity contribution < 1.29 is 27.9 Å². The van der Waals surface area contributed by atoms with E-state index in [0.29, 0.717) is 12.1 Å². The minimum Gasteiger partial charge on any atom is -0.479 e. The van der Waals surface area contributed by atoms with Crippen molar-refractivity contribution in [3.63, 3.8) is 0 Å². The van der Waals surface area contributed by atoms with E-state index in [4.69, 9.17) is 5.11 Å². The molecule has 1 atom stereocenters. The van der Waals surface area contributed by atoms with E-state index in [9.17, 15) is 22.8 Å². The molecule has 0 heterocycles. The second kappa shape index (κ2) is 4.86. The molecule has 1 amide bonds. The van der Waals surface area contributed by atoms with Gasteiger partial charge in [0.2, 0.25) is 5.91 Å². The van der Waals surface area contributed by atoms with Crippen LogP contribution in [0.1, 0.15) is 18.5 Å².